The molecule has 154 valence electrons. The van der Waals surface area contributed by atoms with Crippen LogP contribution in [0, 0.1) is 34.5 Å². The number of rotatable bonds is 2. The Kier molecular flexibility index (Phi) is 3.81. The smallest absolute Gasteiger partial charge is 0.302 e. The van der Waals surface area contributed by atoms with Crippen molar-refractivity contribution < 1.29 is 23.9 Å². The molecule has 0 amide bonds. The Labute approximate surface area is 166 Å². The van der Waals surface area contributed by atoms with Crippen molar-refractivity contribution in [2.45, 2.75) is 90.4 Å². The Balaban J connectivity index is 1.44. The highest BCUT2D eigenvalue weighted by atomic mass is 16.6. The number of epoxide rings is 1. The third-order valence-electron chi connectivity index (χ3n) is 9.59. The van der Waals surface area contributed by atoms with Crippen LogP contribution in [-0.2, 0) is 23.9 Å². The van der Waals surface area contributed by atoms with Crippen molar-refractivity contribution in [3.63, 3.8) is 0 Å². The van der Waals surface area contributed by atoms with Gasteiger partial charge in [0, 0.05) is 24.7 Å². The average Bonchev–Trinajstić information content (AvgIpc) is 3.28. The highest BCUT2D eigenvalue weighted by Crippen LogP contribution is 2.73. The number of ether oxygens (including phenoxy) is 2. The van der Waals surface area contributed by atoms with E-state index in [1.165, 1.54) is 6.92 Å². The molecular weight excluding hydrogens is 356 g/mol. The van der Waals surface area contributed by atoms with Crippen LogP contribution in [0.2, 0.25) is 0 Å². The largest absolute Gasteiger partial charge is 0.463 e. The summed E-state index contributed by atoms with van der Waals surface area (Å²) in [6, 6.07) is 0. The Bertz CT molecular complexity index is 760. The summed E-state index contributed by atoms with van der Waals surface area (Å²) in [5.41, 5.74) is -1.03. The van der Waals surface area contributed by atoms with Crippen LogP contribution in [-0.4, -0.2) is 35.3 Å². The van der Waals surface area contributed by atoms with Crippen LogP contribution in [0.15, 0.2) is 0 Å². The van der Waals surface area contributed by atoms with E-state index in [9.17, 15) is 14.4 Å². The molecule has 5 fully saturated rings. The minimum Gasteiger partial charge on any atom is -0.463 e. The number of carbonyl (C=O) groups excluding carboxylic acids is 3. The van der Waals surface area contributed by atoms with Crippen molar-refractivity contribution in [2.75, 3.05) is 0 Å². The lowest BCUT2D eigenvalue weighted by Crippen LogP contribution is -2.60. The lowest BCUT2D eigenvalue weighted by atomic mass is 9.44. The van der Waals surface area contributed by atoms with Crippen LogP contribution in [0.4, 0.5) is 0 Å². The van der Waals surface area contributed by atoms with E-state index in [1.54, 1.807) is 6.92 Å². The molecule has 5 rings (SSSR count). The zero-order chi connectivity index (χ0) is 20.1. The molecule has 1 heterocycles. The van der Waals surface area contributed by atoms with Crippen LogP contribution in [0.1, 0.15) is 72.6 Å². The second kappa shape index (κ2) is 5.68. The van der Waals surface area contributed by atoms with Gasteiger partial charge in [-0.1, -0.05) is 13.8 Å². The fourth-order valence-electron chi connectivity index (χ4n) is 8.44. The van der Waals surface area contributed by atoms with Crippen LogP contribution >= 0.6 is 0 Å². The van der Waals surface area contributed by atoms with Crippen LogP contribution in [0.25, 0.3) is 0 Å². The second-order valence-electron chi connectivity index (χ2n) is 10.7. The molecule has 0 aromatic rings. The molecule has 5 aliphatic rings. The Morgan fingerprint density at radius 3 is 2.54 bits per heavy atom. The molecule has 28 heavy (non-hydrogen) atoms. The standard InChI is InChI=1S/C23H32O5/c1-12(24)23-19(28-23)10-17-16-6-5-14-9-15(27-13(2)25)7-8-21(14,3)20(16)18(26)11-22(17,23)4/h14-17,19-20H,5-11H2,1-4H3/t14-,15?,16?,17?,19+,20?,21?,22?,23+/m0/s1. The number of Topliss-reactive ketones (excluding diaryl/α,β-unsaturated/α-hetero) is 2. The summed E-state index contributed by atoms with van der Waals surface area (Å²) >= 11 is 0. The Hall–Kier alpha value is -1.23. The first-order valence-corrected chi connectivity index (χ1v) is 11.0. The molecule has 9 atom stereocenters. The summed E-state index contributed by atoms with van der Waals surface area (Å²) in [4.78, 5) is 37.4. The number of hydrogen-bond acceptors (Lipinski definition) is 5. The second-order valence-corrected chi connectivity index (χ2v) is 10.7. The summed E-state index contributed by atoms with van der Waals surface area (Å²) in [5.74, 6) is 1.55. The molecule has 0 spiro atoms. The van der Waals surface area contributed by atoms with Gasteiger partial charge in [-0.3, -0.25) is 14.4 Å². The molecule has 4 aliphatic carbocycles. The maximum Gasteiger partial charge on any atom is 0.302 e. The van der Waals surface area contributed by atoms with Crippen molar-refractivity contribution >= 4 is 17.5 Å². The van der Waals surface area contributed by atoms with Crippen LogP contribution in [0.3, 0.4) is 0 Å². The van der Waals surface area contributed by atoms with Gasteiger partial charge in [-0.15, -0.1) is 0 Å². The lowest BCUT2D eigenvalue weighted by molar-refractivity contribution is -0.174. The molecule has 6 unspecified atom stereocenters. The van der Waals surface area contributed by atoms with E-state index in [4.69, 9.17) is 9.47 Å². The molecule has 1 aliphatic heterocycles. The number of hydrogen-bond donors (Lipinski definition) is 0. The van der Waals surface area contributed by atoms with Gasteiger partial charge in [0.1, 0.15) is 11.9 Å². The third kappa shape index (κ3) is 2.15. The summed E-state index contributed by atoms with van der Waals surface area (Å²) in [6.07, 6.45) is 6.26. The first-order valence-electron chi connectivity index (χ1n) is 11.0. The fraction of sp³-hybridized carbons (Fsp3) is 0.870. The molecular formula is C23H32O5. The molecule has 0 aromatic heterocycles. The van der Waals surface area contributed by atoms with Crippen LogP contribution in [0.5, 0.6) is 0 Å². The average molecular weight is 389 g/mol. The summed E-state index contributed by atoms with van der Waals surface area (Å²) in [5, 5.41) is 0. The van der Waals surface area contributed by atoms with Crippen molar-refractivity contribution in [2.24, 2.45) is 34.5 Å². The maximum atomic E-state index is 13.6. The quantitative estimate of drug-likeness (QED) is 0.535. The topological polar surface area (TPSA) is 73.0 Å². The predicted octanol–water partition coefficient (Wildman–Crippen LogP) is 3.48. The number of ketones is 2. The van der Waals surface area contributed by atoms with Gasteiger partial charge >= 0.3 is 5.97 Å². The first kappa shape index (κ1) is 18.8. The van der Waals surface area contributed by atoms with Crippen molar-refractivity contribution in [1.82, 2.24) is 0 Å². The normalized spacial score (nSPS) is 54.1. The zero-order valence-corrected chi connectivity index (χ0v) is 17.5. The van der Waals surface area contributed by atoms with Gasteiger partial charge in [-0.25, -0.2) is 0 Å². The van der Waals surface area contributed by atoms with E-state index in [2.05, 4.69) is 13.8 Å². The summed E-state index contributed by atoms with van der Waals surface area (Å²) in [6.45, 7) is 7.57. The van der Waals surface area contributed by atoms with Crippen molar-refractivity contribution in [1.29, 1.82) is 0 Å². The monoisotopic (exact) mass is 388 g/mol. The number of carbonyl (C=O) groups is 3. The highest BCUT2D eigenvalue weighted by molar-refractivity contribution is 5.93. The zero-order valence-electron chi connectivity index (χ0n) is 17.5. The van der Waals surface area contributed by atoms with Gasteiger partial charge in [0.15, 0.2) is 11.4 Å². The molecule has 0 radical (unpaired) electrons. The van der Waals surface area contributed by atoms with E-state index >= 15 is 0 Å². The molecule has 0 aromatic carbocycles. The molecule has 5 heteroatoms. The van der Waals surface area contributed by atoms with Gasteiger partial charge in [0.05, 0.1) is 6.10 Å². The number of fused-ring (bicyclic) bond motifs is 7. The SMILES string of the molecule is CC(=O)OC1CCC2(C)C3C(=O)CC4(C)C(C[C@H]5O[C@]54C(C)=O)C3CC[C@H]2C1. The lowest BCUT2D eigenvalue weighted by Gasteiger charge is -2.60. The van der Waals surface area contributed by atoms with E-state index in [0.29, 0.717) is 30.0 Å². The maximum absolute atomic E-state index is 13.6. The first-order chi connectivity index (χ1) is 13.1. The van der Waals surface area contributed by atoms with E-state index < -0.39 is 5.60 Å². The predicted molar refractivity (Wildman–Crippen MR) is 101 cm³/mol. The van der Waals surface area contributed by atoms with Gasteiger partial charge in [-0.2, -0.15) is 0 Å². The molecule has 0 N–H and O–H groups in total. The minimum atomic E-state index is -0.691. The fourth-order valence-corrected chi connectivity index (χ4v) is 8.44. The van der Waals surface area contributed by atoms with Crippen molar-refractivity contribution in [3.8, 4) is 0 Å². The molecule has 4 saturated carbocycles. The summed E-state index contributed by atoms with van der Waals surface area (Å²) < 4.78 is 11.4. The van der Waals surface area contributed by atoms with Crippen LogP contribution < -0.4 is 0 Å². The highest BCUT2D eigenvalue weighted by Gasteiger charge is 2.80. The van der Waals surface area contributed by atoms with Gasteiger partial charge in [-0.05, 0) is 68.6 Å². The van der Waals surface area contributed by atoms with Crippen molar-refractivity contribution in [3.05, 3.63) is 0 Å². The van der Waals surface area contributed by atoms with Gasteiger partial charge < -0.3 is 9.47 Å². The van der Waals surface area contributed by atoms with E-state index in [-0.39, 0.29) is 40.7 Å². The summed E-state index contributed by atoms with van der Waals surface area (Å²) in [7, 11) is 0. The van der Waals surface area contributed by atoms with E-state index in [0.717, 1.165) is 38.5 Å². The van der Waals surface area contributed by atoms with E-state index in [1.807, 2.05) is 0 Å². The number of esters is 1. The Morgan fingerprint density at radius 2 is 1.86 bits per heavy atom. The Morgan fingerprint density at radius 1 is 1.11 bits per heavy atom. The third-order valence-corrected chi connectivity index (χ3v) is 9.59. The molecule has 5 nitrogen and oxygen atoms in total. The minimum absolute atomic E-state index is 0.00425. The molecule has 0 bridgehead atoms. The van der Waals surface area contributed by atoms with Gasteiger partial charge in [0.2, 0.25) is 0 Å². The molecule has 1 saturated heterocycles. The van der Waals surface area contributed by atoms with Gasteiger partial charge in [0.25, 0.3) is 0 Å².